The van der Waals surface area contributed by atoms with E-state index < -0.39 is 6.10 Å². The predicted octanol–water partition coefficient (Wildman–Crippen LogP) is 2.77. The van der Waals surface area contributed by atoms with E-state index in [1.165, 1.54) is 12.1 Å². The van der Waals surface area contributed by atoms with Gasteiger partial charge in [0.15, 0.2) is 0 Å². The van der Waals surface area contributed by atoms with Gasteiger partial charge < -0.3 is 10.0 Å². The van der Waals surface area contributed by atoms with Crippen LogP contribution in [-0.4, -0.2) is 35.7 Å². The summed E-state index contributed by atoms with van der Waals surface area (Å²) in [7, 11) is 3.93. The molecule has 1 aromatic rings. The van der Waals surface area contributed by atoms with Crippen molar-refractivity contribution in [3.63, 3.8) is 0 Å². The van der Waals surface area contributed by atoms with E-state index in [4.69, 9.17) is 0 Å². The minimum Gasteiger partial charge on any atom is -0.391 e. The van der Waals surface area contributed by atoms with Gasteiger partial charge in [0.25, 0.3) is 0 Å². The van der Waals surface area contributed by atoms with Gasteiger partial charge >= 0.3 is 0 Å². The van der Waals surface area contributed by atoms with Gasteiger partial charge in [0.05, 0.1) is 6.10 Å². The van der Waals surface area contributed by atoms with Crippen LogP contribution in [0.15, 0.2) is 18.2 Å². The normalized spacial score (nSPS) is 16.7. The molecule has 1 aromatic carbocycles. The first-order valence-corrected chi connectivity index (χ1v) is 6.41. The molecule has 0 aromatic heterocycles. The summed E-state index contributed by atoms with van der Waals surface area (Å²) in [5, 5.41) is 10.4. The number of rotatable bonds is 5. The van der Waals surface area contributed by atoms with E-state index in [-0.39, 0.29) is 11.4 Å². The standard InChI is InChI=1S/C15H24FNO/c1-6-15(3,17(4)5)14(18)10-12-9-13(16)8-7-11(12)2/h7-9,14,18H,6,10H2,1-5H3. The predicted molar refractivity (Wildman–Crippen MR) is 73.2 cm³/mol. The Morgan fingerprint density at radius 3 is 2.50 bits per heavy atom. The average molecular weight is 253 g/mol. The Balaban J connectivity index is 2.93. The molecule has 0 aliphatic heterocycles. The van der Waals surface area contributed by atoms with Crippen molar-refractivity contribution >= 4 is 0 Å². The van der Waals surface area contributed by atoms with Gasteiger partial charge in [0.2, 0.25) is 0 Å². The summed E-state index contributed by atoms with van der Waals surface area (Å²) in [6.07, 6.45) is 0.805. The largest absolute Gasteiger partial charge is 0.391 e. The second kappa shape index (κ2) is 5.81. The number of nitrogens with zero attached hydrogens (tertiary/aromatic N) is 1. The molecule has 1 N–H and O–H groups in total. The molecule has 102 valence electrons. The lowest BCUT2D eigenvalue weighted by atomic mass is 9.85. The van der Waals surface area contributed by atoms with Crippen LogP contribution in [0.2, 0.25) is 0 Å². The maximum atomic E-state index is 13.2. The summed E-state index contributed by atoms with van der Waals surface area (Å²) in [5.41, 5.74) is 1.61. The third-order valence-electron chi connectivity index (χ3n) is 4.18. The lowest BCUT2D eigenvalue weighted by molar-refractivity contribution is 0.00290. The maximum absolute atomic E-state index is 13.2. The molecule has 0 aliphatic rings. The highest BCUT2D eigenvalue weighted by molar-refractivity contribution is 5.27. The lowest BCUT2D eigenvalue weighted by Gasteiger charge is -2.40. The number of halogens is 1. The summed E-state index contributed by atoms with van der Waals surface area (Å²) in [5.74, 6) is -0.245. The van der Waals surface area contributed by atoms with E-state index in [9.17, 15) is 9.50 Å². The summed E-state index contributed by atoms with van der Waals surface area (Å²) in [6, 6.07) is 4.73. The van der Waals surface area contributed by atoms with Crippen molar-refractivity contribution in [2.45, 2.75) is 45.3 Å². The van der Waals surface area contributed by atoms with Gasteiger partial charge in [-0.1, -0.05) is 13.0 Å². The molecule has 0 radical (unpaired) electrons. The van der Waals surface area contributed by atoms with Crippen LogP contribution in [0.3, 0.4) is 0 Å². The highest BCUT2D eigenvalue weighted by Crippen LogP contribution is 2.25. The quantitative estimate of drug-likeness (QED) is 0.872. The van der Waals surface area contributed by atoms with E-state index in [1.54, 1.807) is 6.07 Å². The zero-order chi connectivity index (χ0) is 13.9. The first kappa shape index (κ1) is 15.1. The molecule has 18 heavy (non-hydrogen) atoms. The number of likely N-dealkylation sites (N-methyl/N-ethyl adjacent to an activating group) is 1. The van der Waals surface area contributed by atoms with Gasteiger partial charge in [0, 0.05) is 12.0 Å². The smallest absolute Gasteiger partial charge is 0.123 e. The minimum atomic E-state index is -0.516. The highest BCUT2D eigenvalue weighted by atomic mass is 19.1. The van der Waals surface area contributed by atoms with Gasteiger partial charge in [-0.15, -0.1) is 0 Å². The molecule has 0 aliphatic carbocycles. The molecule has 3 heteroatoms. The van der Waals surface area contributed by atoms with Crippen LogP contribution >= 0.6 is 0 Å². The Labute approximate surface area is 109 Å². The zero-order valence-electron chi connectivity index (χ0n) is 12.0. The van der Waals surface area contributed by atoms with Crippen molar-refractivity contribution in [3.8, 4) is 0 Å². The third kappa shape index (κ3) is 3.09. The monoisotopic (exact) mass is 253 g/mol. The highest BCUT2D eigenvalue weighted by Gasteiger charge is 2.33. The molecule has 2 nitrogen and oxygen atoms in total. The Hall–Kier alpha value is -0.930. The van der Waals surface area contributed by atoms with Crippen molar-refractivity contribution in [1.29, 1.82) is 0 Å². The number of aryl methyl sites for hydroxylation is 1. The molecule has 0 amide bonds. The van der Waals surface area contributed by atoms with Crippen LogP contribution in [0.4, 0.5) is 4.39 Å². The molecule has 2 atom stereocenters. The van der Waals surface area contributed by atoms with Crippen molar-refractivity contribution in [2.75, 3.05) is 14.1 Å². The van der Waals surface area contributed by atoms with Gasteiger partial charge in [-0.2, -0.15) is 0 Å². The van der Waals surface area contributed by atoms with E-state index >= 15 is 0 Å². The van der Waals surface area contributed by atoms with Crippen LogP contribution in [0.25, 0.3) is 0 Å². The Morgan fingerprint density at radius 1 is 1.39 bits per heavy atom. The Kier molecular flexibility index (Phi) is 4.88. The molecule has 0 fully saturated rings. The number of hydrogen-bond donors (Lipinski definition) is 1. The second-order valence-corrected chi connectivity index (χ2v) is 5.40. The van der Waals surface area contributed by atoms with E-state index in [2.05, 4.69) is 6.92 Å². The first-order valence-electron chi connectivity index (χ1n) is 6.41. The van der Waals surface area contributed by atoms with Crippen molar-refractivity contribution in [2.24, 2.45) is 0 Å². The van der Waals surface area contributed by atoms with Crippen molar-refractivity contribution < 1.29 is 9.50 Å². The molecule has 0 saturated carbocycles. The summed E-state index contributed by atoms with van der Waals surface area (Å²) < 4.78 is 13.2. The number of hydrogen-bond acceptors (Lipinski definition) is 2. The van der Waals surface area contributed by atoms with E-state index in [0.29, 0.717) is 6.42 Å². The first-order chi connectivity index (χ1) is 8.31. The topological polar surface area (TPSA) is 23.5 Å². The SMILES string of the molecule is CCC(C)(C(O)Cc1cc(F)ccc1C)N(C)C. The molecule has 2 unspecified atom stereocenters. The number of aliphatic hydroxyl groups excluding tert-OH is 1. The Morgan fingerprint density at radius 2 is 2.00 bits per heavy atom. The minimum absolute atomic E-state index is 0.245. The van der Waals surface area contributed by atoms with Crippen LogP contribution < -0.4 is 0 Å². The van der Waals surface area contributed by atoms with Crippen molar-refractivity contribution in [3.05, 3.63) is 35.1 Å². The fourth-order valence-corrected chi connectivity index (χ4v) is 2.14. The molecule has 0 spiro atoms. The molecule has 1 rings (SSSR count). The van der Waals surface area contributed by atoms with Crippen molar-refractivity contribution in [1.82, 2.24) is 4.90 Å². The lowest BCUT2D eigenvalue weighted by Crippen LogP contribution is -2.51. The van der Waals surface area contributed by atoms with Crippen LogP contribution in [0.1, 0.15) is 31.4 Å². The third-order valence-corrected chi connectivity index (χ3v) is 4.18. The molecule has 0 saturated heterocycles. The summed E-state index contributed by atoms with van der Waals surface area (Å²) in [4.78, 5) is 2.03. The maximum Gasteiger partial charge on any atom is 0.123 e. The molecular formula is C15H24FNO. The van der Waals surface area contributed by atoms with Gasteiger partial charge in [-0.3, -0.25) is 0 Å². The second-order valence-electron chi connectivity index (χ2n) is 5.40. The number of benzene rings is 1. The number of aliphatic hydroxyl groups is 1. The van der Waals surface area contributed by atoms with E-state index in [0.717, 1.165) is 17.5 Å². The van der Waals surface area contributed by atoms with Gasteiger partial charge in [-0.25, -0.2) is 4.39 Å². The molecule has 0 bridgehead atoms. The van der Waals surface area contributed by atoms with Gasteiger partial charge in [0.1, 0.15) is 5.82 Å². The molecule has 0 heterocycles. The van der Waals surface area contributed by atoms with Crippen LogP contribution in [0.5, 0.6) is 0 Å². The zero-order valence-corrected chi connectivity index (χ0v) is 12.0. The van der Waals surface area contributed by atoms with Gasteiger partial charge in [-0.05, 0) is 57.6 Å². The fourth-order valence-electron chi connectivity index (χ4n) is 2.14. The average Bonchev–Trinajstić information content (AvgIpc) is 2.32. The van der Waals surface area contributed by atoms with E-state index in [1.807, 2.05) is 32.8 Å². The summed E-state index contributed by atoms with van der Waals surface area (Å²) >= 11 is 0. The Bertz CT molecular complexity index is 405. The summed E-state index contributed by atoms with van der Waals surface area (Å²) in [6.45, 7) is 6.04. The fraction of sp³-hybridized carbons (Fsp3) is 0.600. The molecular weight excluding hydrogens is 229 g/mol. The van der Waals surface area contributed by atoms with Crippen LogP contribution in [-0.2, 0) is 6.42 Å². The van der Waals surface area contributed by atoms with Crippen LogP contribution in [0, 0.1) is 12.7 Å².